The van der Waals surface area contributed by atoms with Crippen molar-refractivity contribution < 1.29 is 4.92 Å². The molecule has 0 atom stereocenters. The van der Waals surface area contributed by atoms with Crippen molar-refractivity contribution in [1.29, 1.82) is 5.26 Å². The maximum Gasteiger partial charge on any atom is 0.269 e. The fourth-order valence-corrected chi connectivity index (χ4v) is 2.56. The van der Waals surface area contributed by atoms with Crippen molar-refractivity contribution >= 4 is 33.0 Å². The lowest BCUT2D eigenvalue weighted by atomic mass is 10.1. The molecule has 2 aromatic rings. The Bertz CT molecular complexity index is 725. The zero-order valence-electron chi connectivity index (χ0n) is 11.3. The van der Waals surface area contributed by atoms with Gasteiger partial charge in [-0.3, -0.25) is 10.1 Å². The van der Waals surface area contributed by atoms with E-state index in [2.05, 4.69) is 22.0 Å². The Morgan fingerprint density at radius 2 is 2.00 bits per heavy atom. The number of halogens is 1. The van der Waals surface area contributed by atoms with Gasteiger partial charge in [0.25, 0.3) is 5.69 Å². The van der Waals surface area contributed by atoms with Crippen molar-refractivity contribution in [2.75, 3.05) is 11.9 Å². The first-order chi connectivity index (χ1) is 10.1. The molecule has 0 spiro atoms. The van der Waals surface area contributed by atoms with Gasteiger partial charge in [0, 0.05) is 30.2 Å². The van der Waals surface area contributed by atoms with Crippen LogP contribution in [0, 0.1) is 21.4 Å². The number of nitro groups is 1. The van der Waals surface area contributed by atoms with E-state index in [9.17, 15) is 15.4 Å². The number of nitro benzene ring substituents is 1. The summed E-state index contributed by atoms with van der Waals surface area (Å²) in [4.78, 5) is 12.3. The molecule has 0 unspecified atom stereocenters. The minimum atomic E-state index is -0.417. The molecule has 2 rings (SSSR count). The first-order valence-corrected chi connectivity index (χ1v) is 7.26. The SMILES string of the molecule is CN(c1ccccc1C#N)c1ccc([N+](=O)[O-])cc1CBr. The van der Waals surface area contributed by atoms with E-state index in [1.807, 2.05) is 24.1 Å². The predicted octanol–water partition coefficient (Wildman–Crippen LogP) is 4.13. The van der Waals surface area contributed by atoms with Crippen LogP contribution in [0.1, 0.15) is 11.1 Å². The van der Waals surface area contributed by atoms with Crippen molar-refractivity contribution in [3.63, 3.8) is 0 Å². The zero-order valence-corrected chi connectivity index (χ0v) is 12.9. The molecule has 0 saturated heterocycles. The number of para-hydroxylation sites is 1. The highest BCUT2D eigenvalue weighted by Gasteiger charge is 2.15. The van der Waals surface area contributed by atoms with Gasteiger partial charge < -0.3 is 4.90 Å². The van der Waals surface area contributed by atoms with E-state index in [0.717, 1.165) is 16.9 Å². The van der Waals surface area contributed by atoms with Crippen LogP contribution in [0.15, 0.2) is 42.5 Å². The maximum atomic E-state index is 10.9. The Balaban J connectivity index is 2.51. The number of benzene rings is 2. The van der Waals surface area contributed by atoms with Crippen LogP contribution < -0.4 is 4.90 Å². The molecule has 0 aliphatic carbocycles. The van der Waals surface area contributed by atoms with Crippen molar-refractivity contribution in [3.05, 3.63) is 63.7 Å². The largest absolute Gasteiger partial charge is 0.343 e. The van der Waals surface area contributed by atoms with E-state index in [4.69, 9.17) is 0 Å². The molecular weight excluding hydrogens is 334 g/mol. The molecule has 6 heteroatoms. The number of rotatable bonds is 4. The molecule has 0 aliphatic rings. The third-order valence-corrected chi connectivity index (χ3v) is 3.77. The number of nitriles is 1. The molecule has 0 amide bonds. The van der Waals surface area contributed by atoms with E-state index in [0.29, 0.717) is 10.9 Å². The highest BCUT2D eigenvalue weighted by atomic mass is 79.9. The van der Waals surface area contributed by atoms with Gasteiger partial charge in [-0.15, -0.1) is 0 Å². The summed E-state index contributed by atoms with van der Waals surface area (Å²) in [5, 5.41) is 20.5. The van der Waals surface area contributed by atoms with Gasteiger partial charge in [-0.2, -0.15) is 5.26 Å². The summed E-state index contributed by atoms with van der Waals surface area (Å²) in [7, 11) is 1.84. The molecule has 0 bridgehead atoms. The highest BCUT2D eigenvalue weighted by molar-refractivity contribution is 9.08. The van der Waals surface area contributed by atoms with Gasteiger partial charge in [-0.1, -0.05) is 28.1 Å². The average molecular weight is 346 g/mol. The molecule has 0 saturated carbocycles. The van der Waals surface area contributed by atoms with E-state index in [1.165, 1.54) is 12.1 Å². The molecule has 2 aromatic carbocycles. The van der Waals surface area contributed by atoms with Gasteiger partial charge in [0.05, 0.1) is 16.2 Å². The minimum Gasteiger partial charge on any atom is -0.343 e. The number of alkyl halides is 1. The molecule has 0 radical (unpaired) electrons. The van der Waals surface area contributed by atoms with Crippen molar-refractivity contribution in [1.82, 2.24) is 0 Å². The van der Waals surface area contributed by atoms with Crippen LogP contribution in [0.4, 0.5) is 17.1 Å². The van der Waals surface area contributed by atoms with E-state index < -0.39 is 4.92 Å². The molecule has 0 aliphatic heterocycles. The third kappa shape index (κ3) is 3.03. The summed E-state index contributed by atoms with van der Waals surface area (Å²) in [6, 6.07) is 14.1. The van der Waals surface area contributed by atoms with E-state index >= 15 is 0 Å². The van der Waals surface area contributed by atoms with Gasteiger partial charge in [-0.25, -0.2) is 0 Å². The Morgan fingerprint density at radius 3 is 2.62 bits per heavy atom. The lowest BCUT2D eigenvalue weighted by Gasteiger charge is -2.23. The van der Waals surface area contributed by atoms with Gasteiger partial charge in [0.1, 0.15) is 6.07 Å². The average Bonchev–Trinajstić information content (AvgIpc) is 2.53. The Labute approximate surface area is 130 Å². The molecule has 21 heavy (non-hydrogen) atoms. The quantitative estimate of drug-likeness (QED) is 0.474. The summed E-state index contributed by atoms with van der Waals surface area (Å²) < 4.78 is 0. The van der Waals surface area contributed by atoms with Crippen LogP contribution in [-0.4, -0.2) is 12.0 Å². The second kappa shape index (κ2) is 6.37. The molecule has 0 fully saturated rings. The van der Waals surface area contributed by atoms with Crippen molar-refractivity contribution in [2.24, 2.45) is 0 Å². The third-order valence-electron chi connectivity index (χ3n) is 3.17. The van der Waals surface area contributed by atoms with Crippen molar-refractivity contribution in [2.45, 2.75) is 5.33 Å². The van der Waals surface area contributed by atoms with Crippen LogP contribution in [0.2, 0.25) is 0 Å². The summed E-state index contributed by atoms with van der Waals surface area (Å²) in [6.07, 6.45) is 0. The number of nitrogens with zero attached hydrogens (tertiary/aromatic N) is 3. The normalized spacial score (nSPS) is 9.95. The van der Waals surface area contributed by atoms with Crippen LogP contribution in [0.5, 0.6) is 0 Å². The molecule has 5 nitrogen and oxygen atoms in total. The first kappa shape index (κ1) is 15.0. The van der Waals surface area contributed by atoms with Crippen molar-refractivity contribution in [3.8, 4) is 6.07 Å². The smallest absolute Gasteiger partial charge is 0.269 e. The van der Waals surface area contributed by atoms with Crippen LogP contribution in [0.25, 0.3) is 0 Å². The maximum absolute atomic E-state index is 10.9. The van der Waals surface area contributed by atoms with E-state index in [-0.39, 0.29) is 5.69 Å². The Hall–Kier alpha value is -2.39. The molecular formula is C15H12BrN3O2. The monoisotopic (exact) mass is 345 g/mol. The lowest BCUT2D eigenvalue weighted by molar-refractivity contribution is -0.384. The van der Waals surface area contributed by atoms with Gasteiger partial charge in [0.2, 0.25) is 0 Å². The van der Waals surface area contributed by atoms with Crippen LogP contribution in [-0.2, 0) is 5.33 Å². The van der Waals surface area contributed by atoms with Gasteiger partial charge >= 0.3 is 0 Å². The second-order valence-electron chi connectivity index (χ2n) is 4.39. The molecule has 0 aromatic heterocycles. The molecule has 0 heterocycles. The lowest BCUT2D eigenvalue weighted by Crippen LogP contribution is -2.13. The first-order valence-electron chi connectivity index (χ1n) is 6.14. The summed E-state index contributed by atoms with van der Waals surface area (Å²) in [6.45, 7) is 0. The Morgan fingerprint density at radius 1 is 1.29 bits per heavy atom. The second-order valence-corrected chi connectivity index (χ2v) is 4.95. The molecule has 0 N–H and O–H groups in total. The minimum absolute atomic E-state index is 0.0511. The Kier molecular flexibility index (Phi) is 4.55. The zero-order chi connectivity index (χ0) is 15.4. The summed E-state index contributed by atoms with van der Waals surface area (Å²) in [5.74, 6) is 0. The van der Waals surface area contributed by atoms with Crippen LogP contribution >= 0.6 is 15.9 Å². The number of hydrogen-bond acceptors (Lipinski definition) is 4. The van der Waals surface area contributed by atoms with E-state index in [1.54, 1.807) is 18.2 Å². The number of non-ortho nitro benzene ring substituents is 1. The number of anilines is 2. The van der Waals surface area contributed by atoms with Gasteiger partial charge in [-0.05, 0) is 23.8 Å². The van der Waals surface area contributed by atoms with Gasteiger partial charge in [0.15, 0.2) is 0 Å². The van der Waals surface area contributed by atoms with Crippen LogP contribution in [0.3, 0.4) is 0 Å². The molecule has 106 valence electrons. The topological polar surface area (TPSA) is 70.2 Å². The highest BCUT2D eigenvalue weighted by Crippen LogP contribution is 2.32. The number of hydrogen-bond donors (Lipinski definition) is 0. The fourth-order valence-electron chi connectivity index (χ4n) is 2.11. The summed E-state index contributed by atoms with van der Waals surface area (Å²) in [5.41, 5.74) is 2.98. The fraction of sp³-hybridized carbons (Fsp3) is 0.133. The predicted molar refractivity (Wildman–Crippen MR) is 84.9 cm³/mol. The summed E-state index contributed by atoms with van der Waals surface area (Å²) >= 11 is 3.35. The standard InChI is InChI=1S/C15H12BrN3O2/c1-18(14-5-3-2-4-11(14)10-17)15-7-6-13(19(20)21)8-12(15)9-16/h2-8H,9H2,1H3.